The summed E-state index contributed by atoms with van der Waals surface area (Å²) in [6, 6.07) is 4.54. The Kier molecular flexibility index (Phi) is 5.84. The van der Waals surface area contributed by atoms with Gasteiger partial charge in [-0.1, -0.05) is 13.0 Å². The molecule has 0 spiro atoms. The lowest BCUT2D eigenvalue weighted by molar-refractivity contribution is 0.573. The van der Waals surface area contributed by atoms with Gasteiger partial charge in [-0.25, -0.2) is 9.98 Å². The number of aromatic nitrogens is 1. The summed E-state index contributed by atoms with van der Waals surface area (Å²) in [4.78, 5) is 11.3. The van der Waals surface area contributed by atoms with E-state index in [4.69, 9.17) is 5.73 Å². The zero-order valence-electron chi connectivity index (χ0n) is 13.2. The van der Waals surface area contributed by atoms with Gasteiger partial charge < -0.3 is 16.0 Å². The molecule has 1 aliphatic rings. The highest BCUT2D eigenvalue weighted by atomic mass is 15.2. The lowest BCUT2D eigenvalue weighted by Gasteiger charge is -2.27. The molecule has 0 radical (unpaired) electrons. The fourth-order valence-electron chi connectivity index (χ4n) is 2.40. The average Bonchev–Trinajstić information content (AvgIpc) is 2.54. The number of pyridine rings is 1. The van der Waals surface area contributed by atoms with Crippen molar-refractivity contribution in [1.29, 1.82) is 0 Å². The molecule has 0 aromatic carbocycles. The third-order valence-electron chi connectivity index (χ3n) is 3.93. The van der Waals surface area contributed by atoms with Gasteiger partial charge in [0.15, 0.2) is 5.96 Å². The second-order valence-corrected chi connectivity index (χ2v) is 5.73. The molecule has 1 fully saturated rings. The van der Waals surface area contributed by atoms with Crippen molar-refractivity contribution >= 4 is 11.8 Å². The van der Waals surface area contributed by atoms with Gasteiger partial charge in [-0.3, -0.25) is 0 Å². The molecule has 1 aromatic heterocycles. The van der Waals surface area contributed by atoms with E-state index >= 15 is 0 Å². The lowest BCUT2D eigenvalue weighted by Crippen LogP contribution is -2.38. The monoisotopic (exact) mass is 289 g/mol. The van der Waals surface area contributed by atoms with Crippen molar-refractivity contribution in [3.8, 4) is 0 Å². The van der Waals surface area contributed by atoms with E-state index in [9.17, 15) is 0 Å². The molecular formula is C16H27N5. The maximum atomic E-state index is 5.86. The highest BCUT2D eigenvalue weighted by Gasteiger charge is 2.11. The summed E-state index contributed by atoms with van der Waals surface area (Å²) in [5.74, 6) is 1.58. The minimum atomic E-state index is 0.355. The van der Waals surface area contributed by atoms with Gasteiger partial charge in [-0.2, -0.15) is 0 Å². The van der Waals surface area contributed by atoms with Crippen LogP contribution >= 0.6 is 0 Å². The molecule has 21 heavy (non-hydrogen) atoms. The topological polar surface area (TPSA) is 66.5 Å². The summed E-state index contributed by atoms with van der Waals surface area (Å²) in [7, 11) is 0. The standard InChI is InChI=1S/C16H27N5/c1-3-13(2)20-16(17)19-12-14-7-8-15(18-11-14)21-9-5-4-6-10-21/h7-8,11,13H,3-6,9-10,12H2,1-2H3,(H3,17,19,20)/t13-/m0/s1. The van der Waals surface area contributed by atoms with Gasteiger partial charge in [0.05, 0.1) is 6.54 Å². The molecule has 0 aliphatic carbocycles. The van der Waals surface area contributed by atoms with Crippen molar-refractivity contribution in [2.45, 2.75) is 52.1 Å². The zero-order valence-corrected chi connectivity index (χ0v) is 13.2. The molecule has 2 heterocycles. The van der Waals surface area contributed by atoms with Crippen molar-refractivity contribution in [3.05, 3.63) is 23.9 Å². The third kappa shape index (κ3) is 4.92. The van der Waals surface area contributed by atoms with E-state index in [-0.39, 0.29) is 0 Å². The minimum absolute atomic E-state index is 0.355. The lowest BCUT2D eigenvalue weighted by atomic mass is 10.1. The number of hydrogen-bond donors (Lipinski definition) is 2. The number of anilines is 1. The molecule has 0 amide bonds. The average molecular weight is 289 g/mol. The Morgan fingerprint density at radius 2 is 2.14 bits per heavy atom. The number of aliphatic imine (C=N–C) groups is 1. The highest BCUT2D eigenvalue weighted by molar-refractivity contribution is 5.78. The van der Waals surface area contributed by atoms with Crippen LogP contribution in [0.15, 0.2) is 23.3 Å². The van der Waals surface area contributed by atoms with Crippen LogP contribution in [0.4, 0.5) is 5.82 Å². The molecule has 5 nitrogen and oxygen atoms in total. The van der Waals surface area contributed by atoms with Crippen LogP contribution in [-0.4, -0.2) is 30.1 Å². The summed E-state index contributed by atoms with van der Waals surface area (Å²) in [5.41, 5.74) is 6.94. The van der Waals surface area contributed by atoms with Crippen molar-refractivity contribution < 1.29 is 0 Å². The van der Waals surface area contributed by atoms with Crippen LogP contribution in [-0.2, 0) is 6.54 Å². The van der Waals surface area contributed by atoms with Gasteiger partial charge >= 0.3 is 0 Å². The van der Waals surface area contributed by atoms with Crippen molar-refractivity contribution in [2.75, 3.05) is 18.0 Å². The van der Waals surface area contributed by atoms with Gasteiger partial charge in [0.25, 0.3) is 0 Å². The number of nitrogens with two attached hydrogens (primary N) is 1. The van der Waals surface area contributed by atoms with E-state index < -0.39 is 0 Å². The predicted octanol–water partition coefficient (Wildman–Crippen LogP) is 2.27. The van der Waals surface area contributed by atoms with Gasteiger partial charge in [-0.05, 0) is 44.2 Å². The molecule has 0 bridgehead atoms. The second kappa shape index (κ2) is 7.86. The Morgan fingerprint density at radius 3 is 2.76 bits per heavy atom. The van der Waals surface area contributed by atoms with Crippen LogP contribution in [0.25, 0.3) is 0 Å². The SMILES string of the molecule is CC[C@H](C)NC(N)=NCc1ccc(N2CCCCC2)nc1. The minimum Gasteiger partial charge on any atom is -0.370 e. The molecule has 1 aromatic rings. The summed E-state index contributed by atoms with van der Waals surface area (Å²) in [5, 5.41) is 3.16. The van der Waals surface area contributed by atoms with E-state index in [2.05, 4.69) is 46.2 Å². The first kappa shape index (κ1) is 15.6. The first-order valence-corrected chi connectivity index (χ1v) is 7.95. The Balaban J connectivity index is 1.88. The summed E-state index contributed by atoms with van der Waals surface area (Å²) in [6.45, 7) is 7.03. The van der Waals surface area contributed by atoms with Crippen LogP contribution in [0, 0.1) is 0 Å². The first-order valence-electron chi connectivity index (χ1n) is 7.95. The fraction of sp³-hybridized carbons (Fsp3) is 0.625. The molecule has 3 N–H and O–H groups in total. The molecule has 0 unspecified atom stereocenters. The van der Waals surface area contributed by atoms with Crippen LogP contribution in [0.5, 0.6) is 0 Å². The first-order chi connectivity index (χ1) is 10.2. The van der Waals surface area contributed by atoms with Crippen molar-refractivity contribution in [3.63, 3.8) is 0 Å². The summed E-state index contributed by atoms with van der Waals surface area (Å²) >= 11 is 0. The fourth-order valence-corrected chi connectivity index (χ4v) is 2.40. The Hall–Kier alpha value is -1.78. The second-order valence-electron chi connectivity index (χ2n) is 5.73. The van der Waals surface area contributed by atoms with E-state index in [1.807, 2.05) is 6.20 Å². The normalized spacial score (nSPS) is 17.6. The summed E-state index contributed by atoms with van der Waals surface area (Å²) < 4.78 is 0. The van der Waals surface area contributed by atoms with Crippen LogP contribution in [0.2, 0.25) is 0 Å². The van der Waals surface area contributed by atoms with Gasteiger partial charge in [0, 0.05) is 25.3 Å². The summed E-state index contributed by atoms with van der Waals surface area (Å²) in [6.07, 6.45) is 6.81. The maximum Gasteiger partial charge on any atom is 0.189 e. The molecule has 1 atom stereocenters. The number of piperidine rings is 1. The predicted molar refractivity (Wildman–Crippen MR) is 88.5 cm³/mol. The Bertz CT molecular complexity index is 448. The van der Waals surface area contributed by atoms with Crippen LogP contribution in [0.1, 0.15) is 45.1 Å². The maximum absolute atomic E-state index is 5.86. The van der Waals surface area contributed by atoms with Crippen molar-refractivity contribution in [1.82, 2.24) is 10.3 Å². The Labute approximate surface area is 127 Å². The zero-order chi connectivity index (χ0) is 15.1. The van der Waals surface area contributed by atoms with Crippen LogP contribution in [0.3, 0.4) is 0 Å². The third-order valence-corrected chi connectivity index (χ3v) is 3.93. The number of guanidine groups is 1. The van der Waals surface area contributed by atoms with Gasteiger partial charge in [-0.15, -0.1) is 0 Å². The van der Waals surface area contributed by atoms with Crippen LogP contribution < -0.4 is 16.0 Å². The number of nitrogens with one attached hydrogen (secondary N) is 1. The quantitative estimate of drug-likeness (QED) is 0.644. The van der Waals surface area contributed by atoms with E-state index in [1.165, 1.54) is 19.3 Å². The van der Waals surface area contributed by atoms with Gasteiger partial charge in [0.2, 0.25) is 0 Å². The van der Waals surface area contributed by atoms with Gasteiger partial charge in [0.1, 0.15) is 5.82 Å². The number of hydrogen-bond acceptors (Lipinski definition) is 3. The van der Waals surface area contributed by atoms with Crippen molar-refractivity contribution in [2.24, 2.45) is 10.7 Å². The van der Waals surface area contributed by atoms with E-state index in [0.29, 0.717) is 18.5 Å². The molecule has 1 saturated heterocycles. The molecule has 0 saturated carbocycles. The van der Waals surface area contributed by atoms with E-state index in [1.54, 1.807) is 0 Å². The Morgan fingerprint density at radius 1 is 1.38 bits per heavy atom. The highest BCUT2D eigenvalue weighted by Crippen LogP contribution is 2.17. The largest absolute Gasteiger partial charge is 0.370 e. The molecule has 116 valence electrons. The molecule has 1 aliphatic heterocycles. The molecule has 2 rings (SSSR count). The molecular weight excluding hydrogens is 262 g/mol. The number of nitrogens with zero attached hydrogens (tertiary/aromatic N) is 3. The smallest absolute Gasteiger partial charge is 0.189 e. The van der Waals surface area contributed by atoms with E-state index in [0.717, 1.165) is 30.9 Å². The molecule has 5 heteroatoms. The number of rotatable bonds is 5.